The van der Waals surface area contributed by atoms with E-state index in [0.717, 1.165) is 42.1 Å². The van der Waals surface area contributed by atoms with Gasteiger partial charge in [0.15, 0.2) is 11.0 Å². The maximum Gasteiger partial charge on any atom is 0.336 e. The third-order valence-corrected chi connectivity index (χ3v) is 7.68. The maximum atomic E-state index is 13.3. The van der Waals surface area contributed by atoms with Gasteiger partial charge in [0.25, 0.3) is 0 Å². The number of aliphatic hydroxyl groups excluding tert-OH is 1. The molecule has 0 aromatic heterocycles. The van der Waals surface area contributed by atoms with Crippen LogP contribution in [-0.4, -0.2) is 52.0 Å². The minimum atomic E-state index is -1.61. The smallest absolute Gasteiger partial charge is 0.336 e. The molecule has 0 bridgehead atoms. The predicted octanol–water partition coefficient (Wildman–Crippen LogP) is 4.30. The van der Waals surface area contributed by atoms with Gasteiger partial charge in [-0.25, -0.2) is 4.79 Å². The van der Waals surface area contributed by atoms with E-state index >= 15 is 0 Å². The first-order chi connectivity index (χ1) is 14.9. The Labute approximate surface area is 190 Å². The van der Waals surface area contributed by atoms with Gasteiger partial charge in [0.05, 0.1) is 10.6 Å². The number of rotatable bonds is 9. The molecule has 3 atom stereocenters. The number of para-hydroxylation sites is 1. The number of fused-ring (bicyclic) bond motifs is 1. The molecule has 2 aromatic rings. The monoisotopic (exact) mass is 463 g/mol. The van der Waals surface area contributed by atoms with Crippen LogP contribution in [-0.2, 0) is 16.0 Å². The lowest BCUT2D eigenvalue weighted by molar-refractivity contribution is -0.148. The molecule has 1 heterocycles. The van der Waals surface area contributed by atoms with Crippen LogP contribution < -0.4 is 9.64 Å². The number of hydrogen-bond donors (Lipinski definition) is 2. The average molecular weight is 464 g/mol. The summed E-state index contributed by atoms with van der Waals surface area (Å²) in [6, 6.07) is 13.8. The van der Waals surface area contributed by atoms with Gasteiger partial charge in [-0.1, -0.05) is 38.0 Å². The number of anilines is 2. The standard InChI is InChI=1S/C23H29NO5S2/c1-3-4-8-16-13-24(17-9-6-5-7-10-17)18-11-21(30-2)20(12-22(18)31(28)15-16)29-14-19(25)23(26)27/h5-7,9-12,16,19,25H,3-4,8,13-15H2,1-2H3,(H,26,27). The first-order valence-corrected chi connectivity index (χ1v) is 13.0. The van der Waals surface area contributed by atoms with E-state index in [-0.39, 0.29) is 6.61 Å². The van der Waals surface area contributed by atoms with Crippen molar-refractivity contribution in [2.24, 2.45) is 5.92 Å². The molecule has 31 heavy (non-hydrogen) atoms. The molecular weight excluding hydrogens is 434 g/mol. The topological polar surface area (TPSA) is 93.1 Å². The van der Waals surface area contributed by atoms with Crippen molar-refractivity contribution in [3.05, 3.63) is 42.5 Å². The first kappa shape index (κ1) is 23.8. The molecule has 6 nitrogen and oxygen atoms in total. The van der Waals surface area contributed by atoms with Crippen molar-refractivity contribution in [1.82, 2.24) is 0 Å². The van der Waals surface area contributed by atoms with Crippen molar-refractivity contribution in [2.75, 3.05) is 30.1 Å². The fourth-order valence-electron chi connectivity index (χ4n) is 3.67. The molecule has 0 spiro atoms. The second-order valence-corrected chi connectivity index (χ2v) is 9.91. The summed E-state index contributed by atoms with van der Waals surface area (Å²) in [5, 5.41) is 18.5. The lowest BCUT2D eigenvalue weighted by Crippen LogP contribution is -2.27. The van der Waals surface area contributed by atoms with Crippen molar-refractivity contribution >= 4 is 40.3 Å². The number of aliphatic hydroxyl groups is 1. The van der Waals surface area contributed by atoms with Gasteiger partial charge < -0.3 is 24.4 Å². The van der Waals surface area contributed by atoms with Crippen molar-refractivity contribution in [3.63, 3.8) is 0 Å². The number of carboxylic acid groups (broad SMARTS) is 1. The Balaban J connectivity index is 2.02. The molecule has 1 aliphatic rings. The van der Waals surface area contributed by atoms with Crippen molar-refractivity contribution in [2.45, 2.75) is 42.1 Å². The van der Waals surface area contributed by atoms with Crippen LogP contribution in [0.25, 0.3) is 0 Å². The lowest BCUT2D eigenvalue weighted by atomic mass is 10.0. The number of carbonyl (C=O) groups is 1. The van der Waals surface area contributed by atoms with Gasteiger partial charge in [0.1, 0.15) is 18.1 Å². The zero-order valence-electron chi connectivity index (χ0n) is 17.8. The zero-order valence-corrected chi connectivity index (χ0v) is 19.5. The van der Waals surface area contributed by atoms with Crippen molar-refractivity contribution in [1.29, 1.82) is 0 Å². The van der Waals surface area contributed by atoms with Gasteiger partial charge in [0.2, 0.25) is 0 Å². The van der Waals surface area contributed by atoms with Gasteiger partial charge in [0, 0.05) is 24.2 Å². The van der Waals surface area contributed by atoms with E-state index in [2.05, 4.69) is 24.0 Å². The summed E-state index contributed by atoms with van der Waals surface area (Å²) < 4.78 is 19.0. The molecule has 2 N–H and O–H groups in total. The van der Waals surface area contributed by atoms with E-state index in [1.807, 2.05) is 30.5 Å². The van der Waals surface area contributed by atoms with Gasteiger partial charge in [-0.05, 0) is 42.1 Å². The highest BCUT2D eigenvalue weighted by molar-refractivity contribution is 7.98. The highest BCUT2D eigenvalue weighted by Crippen LogP contribution is 2.43. The number of nitrogens with zero attached hydrogens (tertiary/aromatic N) is 1. The summed E-state index contributed by atoms with van der Waals surface area (Å²) in [6.45, 7) is 2.58. The molecule has 3 rings (SSSR count). The zero-order chi connectivity index (χ0) is 22.4. The Morgan fingerprint density at radius 2 is 2.10 bits per heavy atom. The van der Waals surface area contributed by atoms with Crippen molar-refractivity contribution in [3.8, 4) is 5.75 Å². The number of ether oxygens (including phenoxy) is 1. The number of hydrogen-bond acceptors (Lipinski definition) is 6. The van der Waals surface area contributed by atoms with Crippen LogP contribution in [0.2, 0.25) is 0 Å². The van der Waals surface area contributed by atoms with Gasteiger partial charge in [-0.3, -0.25) is 0 Å². The van der Waals surface area contributed by atoms with Crippen LogP contribution in [0.1, 0.15) is 26.2 Å². The van der Waals surface area contributed by atoms with E-state index in [1.54, 1.807) is 6.07 Å². The minimum absolute atomic E-state index is 0.296. The Bertz CT molecular complexity index is 880. The van der Waals surface area contributed by atoms with Gasteiger partial charge in [-0.2, -0.15) is 0 Å². The third kappa shape index (κ3) is 5.88. The SMILES string of the molecule is CCCCC1CN(c2ccccc2)c2cc(SC)c(OCC(O)C(=O)O)cc2[S+]([O-])C1. The fourth-order valence-corrected chi connectivity index (χ4v) is 5.74. The summed E-state index contributed by atoms with van der Waals surface area (Å²) >= 11 is 0.255. The molecule has 2 aromatic carbocycles. The fraction of sp³-hybridized carbons (Fsp3) is 0.435. The molecule has 1 aliphatic heterocycles. The molecule has 8 heteroatoms. The minimum Gasteiger partial charge on any atom is -0.611 e. The Hall–Kier alpha value is -1.87. The summed E-state index contributed by atoms with van der Waals surface area (Å²) in [5.41, 5.74) is 1.94. The van der Waals surface area contributed by atoms with E-state index in [4.69, 9.17) is 9.84 Å². The molecule has 0 aliphatic carbocycles. The highest BCUT2D eigenvalue weighted by Gasteiger charge is 2.33. The van der Waals surface area contributed by atoms with Crippen LogP contribution in [0, 0.1) is 5.92 Å². The number of aliphatic carboxylic acids is 1. The molecule has 3 unspecified atom stereocenters. The van der Waals surface area contributed by atoms with Crippen LogP contribution >= 0.6 is 11.8 Å². The Morgan fingerprint density at radius 3 is 2.74 bits per heavy atom. The number of thioether (sulfide) groups is 1. The summed E-state index contributed by atoms with van der Waals surface area (Å²) in [6.07, 6.45) is 3.51. The summed E-state index contributed by atoms with van der Waals surface area (Å²) in [7, 11) is 0. The van der Waals surface area contributed by atoms with E-state index in [1.165, 1.54) is 11.8 Å². The highest BCUT2D eigenvalue weighted by atomic mass is 32.2. The molecule has 0 saturated heterocycles. The second-order valence-electron chi connectivity index (χ2n) is 7.60. The van der Waals surface area contributed by atoms with Crippen LogP contribution in [0.3, 0.4) is 0 Å². The molecule has 0 fully saturated rings. The Kier molecular flexibility index (Phi) is 8.54. The predicted molar refractivity (Wildman–Crippen MR) is 125 cm³/mol. The van der Waals surface area contributed by atoms with Crippen molar-refractivity contribution < 1.29 is 24.3 Å². The molecule has 168 valence electrons. The maximum absolute atomic E-state index is 13.3. The van der Waals surface area contributed by atoms with E-state index < -0.39 is 23.2 Å². The van der Waals surface area contributed by atoms with E-state index in [0.29, 0.717) is 22.3 Å². The quantitative estimate of drug-likeness (QED) is 0.423. The van der Waals surface area contributed by atoms with Crippen LogP contribution in [0.5, 0.6) is 5.75 Å². The molecule has 0 saturated carbocycles. The molecule has 0 amide bonds. The largest absolute Gasteiger partial charge is 0.611 e. The lowest BCUT2D eigenvalue weighted by Gasteiger charge is -2.27. The van der Waals surface area contributed by atoms with Gasteiger partial charge >= 0.3 is 5.97 Å². The third-order valence-electron chi connectivity index (χ3n) is 5.32. The number of carboxylic acids is 1. The molecular formula is C23H29NO5S2. The second kappa shape index (κ2) is 11.1. The number of unbranched alkanes of at least 4 members (excludes halogenated alkanes) is 1. The first-order valence-electron chi connectivity index (χ1n) is 10.4. The normalized spacial score (nSPS) is 19.4. The Morgan fingerprint density at radius 1 is 1.35 bits per heavy atom. The number of benzene rings is 2. The van der Waals surface area contributed by atoms with Crippen LogP contribution in [0.4, 0.5) is 11.4 Å². The van der Waals surface area contributed by atoms with Gasteiger partial charge in [-0.15, -0.1) is 11.8 Å². The van der Waals surface area contributed by atoms with E-state index in [9.17, 15) is 14.5 Å². The molecule has 0 radical (unpaired) electrons. The average Bonchev–Trinajstić information content (AvgIpc) is 2.91. The summed E-state index contributed by atoms with van der Waals surface area (Å²) in [4.78, 5) is 14.7. The van der Waals surface area contributed by atoms with Crippen LogP contribution in [0.15, 0.2) is 52.3 Å². The summed E-state index contributed by atoms with van der Waals surface area (Å²) in [5.74, 6) is -0.0196.